The molecule has 0 radical (unpaired) electrons. The molecule has 7 nitrogen and oxygen atoms in total. The maximum absolute atomic E-state index is 12.4. The Morgan fingerprint density at radius 3 is 2.87 bits per heavy atom. The molecule has 23 heavy (non-hydrogen) atoms. The zero-order valence-corrected chi connectivity index (χ0v) is 13.1. The van der Waals surface area contributed by atoms with Crippen LogP contribution in [-0.2, 0) is 4.79 Å². The van der Waals surface area contributed by atoms with E-state index in [2.05, 4.69) is 30.2 Å². The van der Waals surface area contributed by atoms with Crippen LogP contribution in [0.3, 0.4) is 0 Å². The Balaban J connectivity index is 1.62. The highest BCUT2D eigenvalue weighted by molar-refractivity contribution is 5.93. The van der Waals surface area contributed by atoms with Crippen molar-refractivity contribution < 1.29 is 4.79 Å². The lowest BCUT2D eigenvalue weighted by molar-refractivity contribution is -0.121. The maximum atomic E-state index is 12.4. The number of carbonyl (C=O) groups is 1. The van der Waals surface area contributed by atoms with Gasteiger partial charge in [0, 0.05) is 36.7 Å². The second-order valence-electron chi connectivity index (χ2n) is 5.71. The van der Waals surface area contributed by atoms with E-state index in [0.29, 0.717) is 11.9 Å². The lowest BCUT2D eigenvalue weighted by Crippen LogP contribution is -2.46. The van der Waals surface area contributed by atoms with Gasteiger partial charge in [-0.05, 0) is 38.4 Å². The topological polar surface area (TPSA) is 83.9 Å². The van der Waals surface area contributed by atoms with Crippen LogP contribution in [0.25, 0.3) is 0 Å². The van der Waals surface area contributed by atoms with E-state index in [4.69, 9.17) is 0 Å². The number of likely N-dealkylation sites (tertiary alicyclic amines) is 1. The average molecular weight is 312 g/mol. The summed E-state index contributed by atoms with van der Waals surface area (Å²) in [4.78, 5) is 31.0. The fourth-order valence-corrected chi connectivity index (χ4v) is 2.89. The van der Waals surface area contributed by atoms with Gasteiger partial charge in [0.05, 0.1) is 6.04 Å². The molecule has 0 unspecified atom stereocenters. The lowest BCUT2D eigenvalue weighted by Gasteiger charge is -2.35. The number of hydrogen-bond donors (Lipinski definition) is 1. The van der Waals surface area contributed by atoms with Crippen LogP contribution in [0.15, 0.2) is 37.1 Å². The van der Waals surface area contributed by atoms with Crippen molar-refractivity contribution in [2.75, 3.05) is 18.4 Å². The molecule has 0 bridgehead atoms. The lowest BCUT2D eigenvalue weighted by atomic mass is 9.93. The molecule has 1 aliphatic rings. The molecule has 2 atom stereocenters. The summed E-state index contributed by atoms with van der Waals surface area (Å²) in [5.41, 5.74) is 1.05. The summed E-state index contributed by atoms with van der Waals surface area (Å²) in [6.45, 7) is 3.65. The van der Waals surface area contributed by atoms with Crippen molar-refractivity contribution in [1.82, 2.24) is 24.8 Å². The minimum Gasteiger partial charge on any atom is -0.293 e. The highest BCUT2D eigenvalue weighted by atomic mass is 16.2. The number of nitrogens with one attached hydrogen (secondary N) is 1. The van der Waals surface area contributed by atoms with E-state index < -0.39 is 0 Å². The Bertz CT molecular complexity index is 636. The van der Waals surface area contributed by atoms with Crippen LogP contribution in [0, 0.1) is 0 Å². The quantitative estimate of drug-likeness (QED) is 0.920. The summed E-state index contributed by atoms with van der Waals surface area (Å²) in [5.74, 6) is 0.600. The highest BCUT2D eigenvalue weighted by Gasteiger charge is 2.28. The van der Waals surface area contributed by atoms with Crippen LogP contribution in [0.4, 0.5) is 5.95 Å². The van der Waals surface area contributed by atoms with Crippen LogP contribution in [-0.4, -0.2) is 49.9 Å². The molecule has 1 amide bonds. The van der Waals surface area contributed by atoms with Crippen molar-refractivity contribution >= 4 is 11.9 Å². The van der Waals surface area contributed by atoms with Crippen molar-refractivity contribution in [3.8, 4) is 0 Å². The summed E-state index contributed by atoms with van der Waals surface area (Å²) >= 11 is 0. The van der Waals surface area contributed by atoms with Gasteiger partial charge in [0.25, 0.3) is 0 Å². The molecule has 2 aromatic rings. The molecule has 0 spiro atoms. The zero-order chi connectivity index (χ0) is 16.1. The molecule has 7 heteroatoms. The van der Waals surface area contributed by atoms with Crippen LogP contribution in [0.5, 0.6) is 0 Å². The molecule has 1 N–H and O–H groups in total. The van der Waals surface area contributed by atoms with Crippen molar-refractivity contribution in [1.29, 1.82) is 0 Å². The summed E-state index contributed by atoms with van der Waals surface area (Å²) < 4.78 is 0. The summed E-state index contributed by atoms with van der Waals surface area (Å²) in [7, 11) is 0. The highest BCUT2D eigenvalue weighted by Crippen LogP contribution is 2.26. The van der Waals surface area contributed by atoms with Gasteiger partial charge in [0.1, 0.15) is 6.33 Å². The third-order valence-electron chi connectivity index (χ3n) is 4.20. The predicted octanol–water partition coefficient (Wildman–Crippen LogP) is 1.47. The van der Waals surface area contributed by atoms with Gasteiger partial charge in [-0.1, -0.05) is 0 Å². The first-order chi connectivity index (χ1) is 11.2. The molecule has 3 rings (SSSR count). The smallest absolute Gasteiger partial charge is 0.243 e. The number of amides is 1. The number of carbonyl (C=O) groups excluding carboxylic acids is 1. The molecule has 1 aliphatic heterocycles. The van der Waals surface area contributed by atoms with E-state index in [-0.39, 0.29) is 11.9 Å². The predicted molar refractivity (Wildman–Crippen MR) is 85.7 cm³/mol. The largest absolute Gasteiger partial charge is 0.293 e. The third-order valence-corrected chi connectivity index (χ3v) is 4.20. The zero-order valence-electron chi connectivity index (χ0n) is 13.1. The second-order valence-corrected chi connectivity index (χ2v) is 5.71. The van der Waals surface area contributed by atoms with Gasteiger partial charge in [-0.25, -0.2) is 19.9 Å². The van der Waals surface area contributed by atoms with E-state index in [0.717, 1.165) is 31.6 Å². The van der Waals surface area contributed by atoms with Crippen molar-refractivity contribution in [3.05, 3.63) is 42.7 Å². The first kappa shape index (κ1) is 15.5. The summed E-state index contributed by atoms with van der Waals surface area (Å²) in [5, 5.41) is 2.77. The molecule has 0 aliphatic carbocycles. The first-order valence-corrected chi connectivity index (χ1v) is 7.82. The van der Waals surface area contributed by atoms with Gasteiger partial charge in [0.2, 0.25) is 11.9 Å². The van der Waals surface area contributed by atoms with Crippen molar-refractivity contribution in [2.45, 2.75) is 31.7 Å². The molecule has 0 saturated carbocycles. The number of rotatable bonds is 4. The summed E-state index contributed by atoms with van der Waals surface area (Å²) in [6, 6.07) is 3.44. The van der Waals surface area contributed by atoms with E-state index in [1.54, 1.807) is 31.0 Å². The van der Waals surface area contributed by atoms with Crippen molar-refractivity contribution in [3.63, 3.8) is 0 Å². The fourth-order valence-electron chi connectivity index (χ4n) is 2.89. The van der Waals surface area contributed by atoms with Gasteiger partial charge in [-0.3, -0.25) is 15.0 Å². The fraction of sp³-hybridized carbons (Fsp3) is 0.438. The Labute approximate surface area is 135 Å². The number of aromatic nitrogens is 4. The second kappa shape index (κ2) is 7.23. The Kier molecular flexibility index (Phi) is 4.87. The molecule has 1 fully saturated rings. The minimum atomic E-state index is -0.233. The van der Waals surface area contributed by atoms with E-state index >= 15 is 0 Å². The average Bonchev–Trinajstić information content (AvgIpc) is 2.63. The molecule has 1 saturated heterocycles. The Morgan fingerprint density at radius 1 is 1.30 bits per heavy atom. The van der Waals surface area contributed by atoms with E-state index in [1.807, 2.05) is 13.0 Å². The monoisotopic (exact) mass is 312 g/mol. The Morgan fingerprint density at radius 2 is 2.13 bits per heavy atom. The molecule has 2 aromatic heterocycles. The molecular weight excluding hydrogens is 292 g/mol. The van der Waals surface area contributed by atoms with Crippen LogP contribution < -0.4 is 5.32 Å². The Hall–Kier alpha value is -2.41. The van der Waals surface area contributed by atoms with Gasteiger partial charge in [-0.2, -0.15) is 0 Å². The molecule has 120 valence electrons. The minimum absolute atomic E-state index is 0.0838. The van der Waals surface area contributed by atoms with Crippen LogP contribution in [0.1, 0.15) is 31.4 Å². The van der Waals surface area contributed by atoms with E-state index in [9.17, 15) is 4.79 Å². The normalized spacial score (nSPS) is 20.0. The van der Waals surface area contributed by atoms with Gasteiger partial charge in [-0.15, -0.1) is 0 Å². The summed E-state index contributed by atoms with van der Waals surface area (Å²) in [6.07, 6.45) is 8.71. The third kappa shape index (κ3) is 3.87. The van der Waals surface area contributed by atoms with Gasteiger partial charge < -0.3 is 0 Å². The molecule has 3 heterocycles. The first-order valence-electron chi connectivity index (χ1n) is 7.82. The number of hydrogen-bond acceptors (Lipinski definition) is 6. The SMILES string of the molecule is C[C@@H](C(=O)Nc1ncccn1)N1CCC[C@@H](c2ccncn2)C1. The van der Waals surface area contributed by atoms with Gasteiger partial charge in [0.15, 0.2) is 0 Å². The van der Waals surface area contributed by atoms with Gasteiger partial charge >= 0.3 is 0 Å². The molecule has 0 aromatic carbocycles. The molecular formula is C16H20N6O. The maximum Gasteiger partial charge on any atom is 0.243 e. The van der Waals surface area contributed by atoms with Crippen LogP contribution in [0.2, 0.25) is 0 Å². The van der Waals surface area contributed by atoms with Crippen LogP contribution >= 0.6 is 0 Å². The standard InChI is InChI=1S/C16H20N6O/c1-12(15(23)21-16-18-6-3-7-19-16)22-9-2-4-13(10-22)14-5-8-17-11-20-14/h3,5-8,11-13H,2,4,9-10H2,1H3,(H,18,19,21,23)/t12-,13+/m0/s1. The number of piperidine rings is 1. The number of nitrogens with zero attached hydrogens (tertiary/aromatic N) is 5. The number of anilines is 1. The van der Waals surface area contributed by atoms with Crippen molar-refractivity contribution in [2.24, 2.45) is 0 Å². The van der Waals surface area contributed by atoms with E-state index in [1.165, 1.54) is 0 Å².